The third-order valence-electron chi connectivity index (χ3n) is 4.80. The summed E-state index contributed by atoms with van der Waals surface area (Å²) in [6, 6.07) is 17.2. The Balaban J connectivity index is 1.64. The van der Waals surface area contributed by atoms with E-state index in [0.29, 0.717) is 22.7 Å². The Labute approximate surface area is 195 Å². The van der Waals surface area contributed by atoms with E-state index >= 15 is 0 Å². The molecule has 0 aliphatic rings. The summed E-state index contributed by atoms with van der Waals surface area (Å²) in [6.07, 6.45) is -0.982. The molecule has 3 aromatic carbocycles. The van der Waals surface area contributed by atoms with Crippen LogP contribution >= 0.6 is 0 Å². The molecule has 3 rings (SSSR count). The van der Waals surface area contributed by atoms with Gasteiger partial charge in [0.1, 0.15) is 5.75 Å². The minimum Gasteiger partial charge on any atom is -0.495 e. The number of methoxy groups -OCH3 is 2. The second-order valence-corrected chi connectivity index (χ2v) is 7.07. The summed E-state index contributed by atoms with van der Waals surface area (Å²) < 4.78 is 16.0. The Hall–Kier alpha value is -4.60. The quantitative estimate of drug-likeness (QED) is 0.357. The molecule has 0 bridgehead atoms. The first-order valence-corrected chi connectivity index (χ1v) is 10.2. The molecule has 1 atom stereocenters. The number of anilines is 2. The van der Waals surface area contributed by atoms with E-state index in [1.165, 1.54) is 39.3 Å². The van der Waals surface area contributed by atoms with E-state index in [9.17, 15) is 19.7 Å². The molecule has 0 spiro atoms. The molecule has 1 unspecified atom stereocenters. The summed E-state index contributed by atoms with van der Waals surface area (Å²) in [5, 5.41) is 16.5. The number of hydrogen-bond donors (Lipinski definition) is 2. The predicted octanol–water partition coefficient (Wildman–Crippen LogP) is 4.27. The monoisotopic (exact) mass is 465 g/mol. The normalized spacial score (nSPS) is 11.1. The Morgan fingerprint density at radius 3 is 2.21 bits per heavy atom. The first kappa shape index (κ1) is 24.1. The first-order chi connectivity index (χ1) is 16.3. The summed E-state index contributed by atoms with van der Waals surface area (Å²) in [5.74, 6) is 0.0455. The molecule has 176 valence electrons. The topological polar surface area (TPSA) is 129 Å². The molecule has 0 aliphatic heterocycles. The third-order valence-corrected chi connectivity index (χ3v) is 4.80. The highest BCUT2D eigenvalue weighted by Gasteiger charge is 2.20. The first-order valence-electron chi connectivity index (χ1n) is 10.2. The van der Waals surface area contributed by atoms with Crippen LogP contribution in [0.4, 0.5) is 17.1 Å². The second-order valence-electron chi connectivity index (χ2n) is 7.07. The number of amides is 2. The zero-order valence-electron chi connectivity index (χ0n) is 18.7. The van der Waals surface area contributed by atoms with E-state index in [4.69, 9.17) is 14.2 Å². The van der Waals surface area contributed by atoms with Crippen molar-refractivity contribution >= 4 is 28.9 Å². The SMILES string of the molecule is COc1ccccc1NC(=O)c1ccc(NC(=O)C(C)Oc2cc([N+](=O)[O-])ccc2OC)cc1. The van der Waals surface area contributed by atoms with Crippen LogP contribution in [-0.4, -0.2) is 37.1 Å². The second kappa shape index (κ2) is 10.8. The maximum absolute atomic E-state index is 12.6. The summed E-state index contributed by atoms with van der Waals surface area (Å²) in [5.41, 5.74) is 1.18. The van der Waals surface area contributed by atoms with Crippen LogP contribution in [0.15, 0.2) is 66.7 Å². The number of carbonyl (C=O) groups is 2. The summed E-state index contributed by atoms with van der Waals surface area (Å²) >= 11 is 0. The van der Waals surface area contributed by atoms with Crippen LogP contribution in [0.25, 0.3) is 0 Å². The third kappa shape index (κ3) is 5.80. The number of nitro benzene ring substituents is 1. The molecule has 0 fully saturated rings. The lowest BCUT2D eigenvalue weighted by molar-refractivity contribution is -0.385. The summed E-state index contributed by atoms with van der Waals surface area (Å²) in [7, 11) is 2.91. The molecule has 2 N–H and O–H groups in total. The van der Waals surface area contributed by atoms with E-state index in [0.717, 1.165) is 0 Å². The van der Waals surface area contributed by atoms with Crippen LogP contribution in [0, 0.1) is 10.1 Å². The van der Waals surface area contributed by atoms with E-state index in [-0.39, 0.29) is 23.1 Å². The van der Waals surface area contributed by atoms with Gasteiger partial charge >= 0.3 is 0 Å². The summed E-state index contributed by atoms with van der Waals surface area (Å²) in [6.45, 7) is 1.50. The largest absolute Gasteiger partial charge is 0.495 e. The molecule has 10 heteroatoms. The van der Waals surface area contributed by atoms with Gasteiger partial charge in [-0.3, -0.25) is 19.7 Å². The highest BCUT2D eigenvalue weighted by atomic mass is 16.6. The molecular formula is C24H23N3O7. The molecule has 0 radical (unpaired) electrons. The maximum Gasteiger partial charge on any atom is 0.273 e. The molecule has 0 heterocycles. The van der Waals surface area contributed by atoms with Crippen molar-refractivity contribution in [2.24, 2.45) is 0 Å². The van der Waals surface area contributed by atoms with Gasteiger partial charge in [-0.05, 0) is 49.4 Å². The van der Waals surface area contributed by atoms with Crippen molar-refractivity contribution in [2.45, 2.75) is 13.0 Å². The average Bonchev–Trinajstić information content (AvgIpc) is 2.84. The zero-order valence-corrected chi connectivity index (χ0v) is 18.7. The molecule has 0 aromatic heterocycles. The van der Waals surface area contributed by atoms with E-state index in [2.05, 4.69) is 10.6 Å². The highest BCUT2D eigenvalue weighted by Crippen LogP contribution is 2.32. The molecule has 10 nitrogen and oxygen atoms in total. The number of rotatable bonds is 9. The lowest BCUT2D eigenvalue weighted by atomic mass is 10.1. The number of benzene rings is 3. The van der Waals surface area contributed by atoms with Gasteiger partial charge in [0.15, 0.2) is 17.6 Å². The van der Waals surface area contributed by atoms with Gasteiger partial charge in [-0.25, -0.2) is 0 Å². The fourth-order valence-corrected chi connectivity index (χ4v) is 3.01. The van der Waals surface area contributed by atoms with Gasteiger partial charge in [0.25, 0.3) is 17.5 Å². The number of nitrogens with zero attached hydrogens (tertiary/aromatic N) is 1. The van der Waals surface area contributed by atoms with Crippen molar-refractivity contribution in [3.8, 4) is 17.2 Å². The average molecular weight is 465 g/mol. The molecular weight excluding hydrogens is 442 g/mol. The number of carbonyl (C=O) groups excluding carboxylic acids is 2. The van der Waals surface area contributed by atoms with Crippen LogP contribution in [0.1, 0.15) is 17.3 Å². The Morgan fingerprint density at radius 2 is 1.56 bits per heavy atom. The molecule has 0 saturated carbocycles. The summed E-state index contributed by atoms with van der Waals surface area (Å²) in [4.78, 5) is 35.5. The fraction of sp³-hybridized carbons (Fsp3) is 0.167. The van der Waals surface area contributed by atoms with Gasteiger partial charge in [0.05, 0.1) is 30.9 Å². The highest BCUT2D eigenvalue weighted by molar-refractivity contribution is 6.05. The van der Waals surface area contributed by atoms with Crippen LogP contribution in [-0.2, 0) is 4.79 Å². The minimum atomic E-state index is -0.982. The number of para-hydroxylation sites is 2. The minimum absolute atomic E-state index is 0.0720. The standard InChI is InChI=1S/C24H23N3O7/c1-15(34-22-14-18(27(30)31)12-13-21(22)33-3)23(28)25-17-10-8-16(9-11-17)24(29)26-19-6-4-5-7-20(19)32-2/h4-15H,1-3H3,(H,25,28)(H,26,29). The lowest BCUT2D eigenvalue weighted by Crippen LogP contribution is -2.30. The van der Waals surface area contributed by atoms with Gasteiger partial charge in [-0.15, -0.1) is 0 Å². The van der Waals surface area contributed by atoms with E-state index < -0.39 is 16.9 Å². The Morgan fingerprint density at radius 1 is 0.882 bits per heavy atom. The maximum atomic E-state index is 12.6. The van der Waals surface area contributed by atoms with Gasteiger partial charge < -0.3 is 24.8 Å². The van der Waals surface area contributed by atoms with Gasteiger partial charge in [-0.2, -0.15) is 0 Å². The van der Waals surface area contributed by atoms with Crippen molar-refractivity contribution in [1.82, 2.24) is 0 Å². The smallest absolute Gasteiger partial charge is 0.273 e. The van der Waals surface area contributed by atoms with Crippen molar-refractivity contribution in [2.75, 3.05) is 24.9 Å². The van der Waals surface area contributed by atoms with E-state index in [1.54, 1.807) is 48.5 Å². The molecule has 3 aromatic rings. The number of nitro groups is 1. The number of hydrogen-bond acceptors (Lipinski definition) is 7. The lowest BCUT2D eigenvalue weighted by Gasteiger charge is -2.16. The number of nitrogens with one attached hydrogen (secondary N) is 2. The Kier molecular flexibility index (Phi) is 7.65. The van der Waals surface area contributed by atoms with Crippen LogP contribution in [0.2, 0.25) is 0 Å². The predicted molar refractivity (Wildman–Crippen MR) is 126 cm³/mol. The van der Waals surface area contributed by atoms with Crippen LogP contribution < -0.4 is 24.8 Å². The van der Waals surface area contributed by atoms with Crippen LogP contribution in [0.3, 0.4) is 0 Å². The molecule has 0 saturated heterocycles. The van der Waals surface area contributed by atoms with Gasteiger partial charge in [0.2, 0.25) is 0 Å². The van der Waals surface area contributed by atoms with Crippen molar-refractivity contribution in [3.63, 3.8) is 0 Å². The van der Waals surface area contributed by atoms with Gasteiger partial charge in [0, 0.05) is 17.3 Å². The number of non-ortho nitro benzene ring substituents is 1. The number of ether oxygens (including phenoxy) is 3. The van der Waals surface area contributed by atoms with Crippen molar-refractivity contribution < 1.29 is 28.7 Å². The van der Waals surface area contributed by atoms with Crippen LogP contribution in [0.5, 0.6) is 17.2 Å². The Bertz CT molecular complexity index is 1200. The van der Waals surface area contributed by atoms with E-state index in [1.807, 2.05) is 0 Å². The van der Waals surface area contributed by atoms with Gasteiger partial charge in [-0.1, -0.05) is 12.1 Å². The van der Waals surface area contributed by atoms with Crippen molar-refractivity contribution in [3.05, 3.63) is 82.4 Å². The fourth-order valence-electron chi connectivity index (χ4n) is 3.01. The zero-order chi connectivity index (χ0) is 24.7. The molecule has 0 aliphatic carbocycles. The molecule has 2 amide bonds. The molecule has 34 heavy (non-hydrogen) atoms. The van der Waals surface area contributed by atoms with Crippen molar-refractivity contribution in [1.29, 1.82) is 0 Å².